The van der Waals surface area contributed by atoms with E-state index in [1.807, 2.05) is 0 Å². The van der Waals surface area contributed by atoms with E-state index in [4.69, 9.17) is 5.11 Å². The van der Waals surface area contributed by atoms with Crippen molar-refractivity contribution in [1.29, 1.82) is 0 Å². The van der Waals surface area contributed by atoms with Gasteiger partial charge in [0.1, 0.15) is 6.04 Å². The molecule has 8 nitrogen and oxygen atoms in total. The smallest absolute Gasteiger partial charge is 0.326 e. The number of urea groups is 1. The maximum atomic E-state index is 11.5. The lowest BCUT2D eigenvalue weighted by molar-refractivity contribution is -0.141. The number of aliphatic carboxylic acids is 1. The summed E-state index contributed by atoms with van der Waals surface area (Å²) < 4.78 is 23.9. The van der Waals surface area contributed by atoms with E-state index in [0.29, 0.717) is 6.42 Å². The van der Waals surface area contributed by atoms with E-state index in [0.717, 1.165) is 6.26 Å². The Morgan fingerprint density at radius 2 is 1.75 bits per heavy atom. The number of carboxylic acids is 1. The summed E-state index contributed by atoms with van der Waals surface area (Å²) in [5, 5.41) is 13.9. The second-order valence-electron chi connectivity index (χ2n) is 5.56. The zero-order chi connectivity index (χ0) is 16.0. The average molecular weight is 309 g/mol. The Labute approximate surface area is 119 Å². The maximum absolute atomic E-state index is 11.5. The molecular weight excluding hydrogens is 286 g/mol. The summed E-state index contributed by atoms with van der Waals surface area (Å²) in [4.78, 5) is 22.6. The number of hydrogen-bond donors (Lipinski definition) is 4. The van der Waals surface area contributed by atoms with E-state index in [-0.39, 0.29) is 13.1 Å². The molecule has 0 aliphatic rings. The van der Waals surface area contributed by atoms with Crippen molar-refractivity contribution in [2.45, 2.75) is 33.2 Å². The van der Waals surface area contributed by atoms with E-state index in [2.05, 4.69) is 15.4 Å². The van der Waals surface area contributed by atoms with E-state index in [1.165, 1.54) is 0 Å². The minimum absolute atomic E-state index is 0.209. The van der Waals surface area contributed by atoms with Crippen LogP contribution in [0.1, 0.15) is 27.2 Å². The Hall–Kier alpha value is -1.35. The summed E-state index contributed by atoms with van der Waals surface area (Å²) in [6.07, 6.45) is 1.46. The Bertz CT molecular complexity index is 441. The molecule has 20 heavy (non-hydrogen) atoms. The zero-order valence-electron chi connectivity index (χ0n) is 12.2. The van der Waals surface area contributed by atoms with Gasteiger partial charge in [-0.15, -0.1) is 0 Å². The molecule has 4 N–H and O–H groups in total. The first-order valence-electron chi connectivity index (χ1n) is 6.15. The standard InChI is InChI=1S/C11H23N3O5S/c1-11(2,3)8(9(15)16)14-10(17)12-6-5-7-13-20(4,18)19/h8,13H,5-7H2,1-4H3,(H,15,16)(H2,12,14,17)/t8-/m0/s1. The molecule has 0 spiro atoms. The fourth-order valence-corrected chi connectivity index (χ4v) is 1.89. The minimum Gasteiger partial charge on any atom is -0.480 e. The maximum Gasteiger partial charge on any atom is 0.326 e. The van der Waals surface area contributed by atoms with Crippen LogP contribution in [0.2, 0.25) is 0 Å². The van der Waals surface area contributed by atoms with Gasteiger partial charge in [-0.3, -0.25) is 0 Å². The van der Waals surface area contributed by atoms with Crippen LogP contribution in [0.25, 0.3) is 0 Å². The van der Waals surface area contributed by atoms with Crippen molar-refractivity contribution in [2.75, 3.05) is 19.3 Å². The van der Waals surface area contributed by atoms with Crippen molar-refractivity contribution in [3.8, 4) is 0 Å². The van der Waals surface area contributed by atoms with Gasteiger partial charge in [0.2, 0.25) is 10.0 Å². The largest absolute Gasteiger partial charge is 0.480 e. The summed E-state index contributed by atoms with van der Waals surface area (Å²) in [6.45, 7) is 5.58. The van der Waals surface area contributed by atoms with Crippen molar-refractivity contribution >= 4 is 22.0 Å². The molecule has 0 aliphatic heterocycles. The molecule has 9 heteroatoms. The van der Waals surface area contributed by atoms with Crippen LogP contribution in [0.3, 0.4) is 0 Å². The van der Waals surface area contributed by atoms with E-state index in [9.17, 15) is 18.0 Å². The highest BCUT2D eigenvalue weighted by Crippen LogP contribution is 2.19. The molecule has 0 aromatic rings. The Morgan fingerprint density at radius 3 is 2.15 bits per heavy atom. The van der Waals surface area contributed by atoms with Gasteiger partial charge in [0, 0.05) is 13.1 Å². The number of carboxylic acid groups (broad SMARTS) is 1. The fraction of sp³-hybridized carbons (Fsp3) is 0.818. The quantitative estimate of drug-likeness (QED) is 0.482. The highest BCUT2D eigenvalue weighted by Gasteiger charge is 2.32. The normalized spacial score (nSPS) is 13.6. The van der Waals surface area contributed by atoms with Crippen molar-refractivity contribution in [1.82, 2.24) is 15.4 Å². The molecule has 0 bridgehead atoms. The van der Waals surface area contributed by atoms with Gasteiger partial charge >= 0.3 is 12.0 Å². The third-order valence-electron chi connectivity index (χ3n) is 2.39. The monoisotopic (exact) mass is 309 g/mol. The second kappa shape index (κ2) is 7.44. The number of amides is 2. The molecule has 0 aliphatic carbocycles. The van der Waals surface area contributed by atoms with Gasteiger partial charge in [0.15, 0.2) is 0 Å². The number of carbonyl (C=O) groups excluding carboxylic acids is 1. The predicted octanol–water partition coefficient (Wildman–Crippen LogP) is -0.276. The summed E-state index contributed by atoms with van der Waals surface area (Å²) >= 11 is 0. The number of carbonyl (C=O) groups is 2. The van der Waals surface area contributed by atoms with Crippen LogP contribution >= 0.6 is 0 Å². The van der Waals surface area contributed by atoms with Gasteiger partial charge in [0.25, 0.3) is 0 Å². The molecule has 0 rings (SSSR count). The SMILES string of the molecule is CC(C)(C)[C@@H](NC(=O)NCCCNS(C)(=O)=O)C(=O)O. The lowest BCUT2D eigenvalue weighted by atomic mass is 9.87. The van der Waals surface area contributed by atoms with E-state index >= 15 is 0 Å². The molecule has 2 amide bonds. The molecule has 0 saturated heterocycles. The highest BCUT2D eigenvalue weighted by atomic mass is 32.2. The van der Waals surface area contributed by atoms with Crippen LogP contribution in [0, 0.1) is 5.41 Å². The van der Waals surface area contributed by atoms with Crippen LogP contribution in [-0.4, -0.2) is 50.9 Å². The van der Waals surface area contributed by atoms with Crippen LogP contribution in [0.4, 0.5) is 4.79 Å². The molecule has 1 atom stereocenters. The molecule has 0 saturated carbocycles. The Morgan fingerprint density at radius 1 is 1.20 bits per heavy atom. The van der Waals surface area contributed by atoms with Crippen LogP contribution < -0.4 is 15.4 Å². The topological polar surface area (TPSA) is 125 Å². The van der Waals surface area contributed by atoms with Gasteiger partial charge in [-0.25, -0.2) is 22.7 Å². The summed E-state index contributed by atoms with van der Waals surface area (Å²) in [7, 11) is -3.23. The first kappa shape index (κ1) is 18.7. The lowest BCUT2D eigenvalue weighted by Gasteiger charge is -2.27. The average Bonchev–Trinajstić information content (AvgIpc) is 2.21. The first-order chi connectivity index (χ1) is 8.93. The van der Waals surface area contributed by atoms with E-state index < -0.39 is 33.5 Å². The third kappa shape index (κ3) is 8.70. The molecule has 0 fully saturated rings. The molecule has 0 aromatic carbocycles. The number of sulfonamides is 1. The number of nitrogens with one attached hydrogen (secondary N) is 3. The van der Waals surface area contributed by atoms with Crippen molar-refractivity contribution in [3.63, 3.8) is 0 Å². The second-order valence-corrected chi connectivity index (χ2v) is 7.39. The van der Waals surface area contributed by atoms with Crippen LogP contribution in [0.5, 0.6) is 0 Å². The highest BCUT2D eigenvalue weighted by molar-refractivity contribution is 7.88. The third-order valence-corrected chi connectivity index (χ3v) is 3.12. The summed E-state index contributed by atoms with van der Waals surface area (Å²) in [5.74, 6) is -1.11. The van der Waals surface area contributed by atoms with Crippen molar-refractivity contribution in [2.24, 2.45) is 5.41 Å². The van der Waals surface area contributed by atoms with Crippen molar-refractivity contribution in [3.05, 3.63) is 0 Å². The van der Waals surface area contributed by atoms with Crippen LogP contribution in [-0.2, 0) is 14.8 Å². The van der Waals surface area contributed by atoms with Gasteiger partial charge in [-0.1, -0.05) is 20.8 Å². The molecule has 0 unspecified atom stereocenters. The van der Waals surface area contributed by atoms with Gasteiger partial charge in [-0.05, 0) is 11.8 Å². The zero-order valence-corrected chi connectivity index (χ0v) is 13.0. The van der Waals surface area contributed by atoms with Crippen molar-refractivity contribution < 1.29 is 23.1 Å². The number of hydrogen-bond acceptors (Lipinski definition) is 4. The summed E-state index contributed by atoms with van der Waals surface area (Å²) in [5.41, 5.74) is -0.610. The van der Waals surface area contributed by atoms with Gasteiger partial charge in [0.05, 0.1) is 6.26 Å². The predicted molar refractivity (Wildman–Crippen MR) is 74.9 cm³/mol. The van der Waals surface area contributed by atoms with Gasteiger partial charge < -0.3 is 15.7 Å². The number of rotatable bonds is 7. The minimum atomic E-state index is -3.23. The Balaban J connectivity index is 4.08. The molecule has 118 valence electrons. The first-order valence-corrected chi connectivity index (χ1v) is 8.04. The van der Waals surface area contributed by atoms with Crippen LogP contribution in [0.15, 0.2) is 0 Å². The molecule has 0 radical (unpaired) electrons. The molecule has 0 heterocycles. The molecular formula is C11H23N3O5S. The fourth-order valence-electron chi connectivity index (χ4n) is 1.38. The lowest BCUT2D eigenvalue weighted by Crippen LogP contribution is -2.52. The summed E-state index contributed by atoms with van der Waals surface area (Å²) in [6, 6.07) is -1.59. The van der Waals surface area contributed by atoms with E-state index in [1.54, 1.807) is 20.8 Å². The molecule has 0 aromatic heterocycles. The Kier molecular flexibility index (Phi) is 6.94. The van der Waals surface area contributed by atoms with Gasteiger partial charge in [-0.2, -0.15) is 0 Å².